The summed E-state index contributed by atoms with van der Waals surface area (Å²) in [6.07, 6.45) is 4.14. The molecule has 3 rings (SSSR count). The number of halogens is 1. The fourth-order valence-corrected chi connectivity index (χ4v) is 3.85. The molecule has 24 heavy (non-hydrogen) atoms. The SMILES string of the molecule is O=S(=O)(NCCn1cc(C2CCCNC2)nn1)c1ccc(Cl)cc1. The van der Waals surface area contributed by atoms with Gasteiger partial charge in [0.2, 0.25) is 10.0 Å². The number of benzene rings is 1. The summed E-state index contributed by atoms with van der Waals surface area (Å²) in [5.41, 5.74) is 0.961. The predicted molar refractivity (Wildman–Crippen MR) is 91.5 cm³/mol. The maximum atomic E-state index is 12.2. The smallest absolute Gasteiger partial charge is 0.240 e. The van der Waals surface area contributed by atoms with E-state index in [2.05, 4.69) is 20.4 Å². The standard InChI is InChI=1S/C15H20ClN5O2S/c16-13-3-5-14(6-4-13)24(22,23)18-8-9-21-11-15(19-20-21)12-2-1-7-17-10-12/h3-6,11-12,17-18H,1-2,7-10H2. The second-order valence-electron chi connectivity index (χ2n) is 5.80. The van der Waals surface area contributed by atoms with Crippen molar-refractivity contribution in [1.29, 1.82) is 0 Å². The number of sulfonamides is 1. The van der Waals surface area contributed by atoms with Crippen molar-refractivity contribution in [2.75, 3.05) is 19.6 Å². The summed E-state index contributed by atoms with van der Waals surface area (Å²) in [5, 5.41) is 12.1. The van der Waals surface area contributed by atoms with Crippen molar-refractivity contribution in [1.82, 2.24) is 25.0 Å². The van der Waals surface area contributed by atoms with Gasteiger partial charge in [0, 0.05) is 30.2 Å². The van der Waals surface area contributed by atoms with Crippen LogP contribution in [0.15, 0.2) is 35.4 Å². The molecule has 1 atom stereocenters. The number of hydrogen-bond acceptors (Lipinski definition) is 5. The summed E-state index contributed by atoms with van der Waals surface area (Å²) < 4.78 is 28.6. The van der Waals surface area contributed by atoms with Crippen LogP contribution in [0.2, 0.25) is 5.02 Å². The molecule has 130 valence electrons. The molecule has 0 amide bonds. The topological polar surface area (TPSA) is 88.9 Å². The Balaban J connectivity index is 1.54. The summed E-state index contributed by atoms with van der Waals surface area (Å²) in [7, 11) is -3.54. The molecule has 0 saturated carbocycles. The highest BCUT2D eigenvalue weighted by Gasteiger charge is 2.18. The highest BCUT2D eigenvalue weighted by atomic mass is 35.5. The highest BCUT2D eigenvalue weighted by molar-refractivity contribution is 7.89. The molecule has 1 aromatic heterocycles. The van der Waals surface area contributed by atoms with E-state index in [0.29, 0.717) is 17.5 Å². The van der Waals surface area contributed by atoms with Gasteiger partial charge in [-0.15, -0.1) is 5.10 Å². The van der Waals surface area contributed by atoms with E-state index >= 15 is 0 Å². The van der Waals surface area contributed by atoms with Gasteiger partial charge in [0.15, 0.2) is 0 Å². The van der Waals surface area contributed by atoms with Gasteiger partial charge in [-0.2, -0.15) is 0 Å². The van der Waals surface area contributed by atoms with Gasteiger partial charge in [-0.1, -0.05) is 16.8 Å². The molecule has 0 radical (unpaired) electrons. The molecule has 0 aliphatic carbocycles. The summed E-state index contributed by atoms with van der Waals surface area (Å²) in [6.45, 7) is 2.65. The first-order valence-electron chi connectivity index (χ1n) is 7.90. The van der Waals surface area contributed by atoms with Crippen molar-refractivity contribution in [3.8, 4) is 0 Å². The monoisotopic (exact) mass is 369 g/mol. The van der Waals surface area contributed by atoms with Gasteiger partial charge in [-0.3, -0.25) is 4.68 Å². The van der Waals surface area contributed by atoms with Gasteiger partial charge in [-0.25, -0.2) is 13.1 Å². The lowest BCUT2D eigenvalue weighted by Gasteiger charge is -2.20. The van der Waals surface area contributed by atoms with Crippen molar-refractivity contribution in [3.63, 3.8) is 0 Å². The zero-order valence-electron chi connectivity index (χ0n) is 13.2. The van der Waals surface area contributed by atoms with E-state index in [1.54, 1.807) is 16.8 Å². The molecular weight excluding hydrogens is 350 g/mol. The summed E-state index contributed by atoms with van der Waals surface area (Å²) in [4.78, 5) is 0.194. The Morgan fingerprint density at radius 2 is 2.12 bits per heavy atom. The van der Waals surface area contributed by atoms with Crippen molar-refractivity contribution in [2.24, 2.45) is 0 Å². The van der Waals surface area contributed by atoms with Crippen LogP contribution >= 0.6 is 11.6 Å². The minimum absolute atomic E-state index is 0.194. The fourth-order valence-electron chi connectivity index (χ4n) is 2.71. The van der Waals surface area contributed by atoms with Crippen LogP contribution in [0.5, 0.6) is 0 Å². The van der Waals surface area contributed by atoms with Gasteiger partial charge in [-0.05, 0) is 43.7 Å². The lowest BCUT2D eigenvalue weighted by molar-refractivity contribution is 0.454. The second kappa shape index (κ2) is 7.60. The van der Waals surface area contributed by atoms with E-state index in [1.807, 2.05) is 6.20 Å². The van der Waals surface area contributed by atoms with Gasteiger partial charge in [0.05, 0.1) is 17.1 Å². The molecule has 1 aliphatic rings. The molecule has 1 aliphatic heterocycles. The predicted octanol–water partition coefficient (Wildman–Crippen LogP) is 1.38. The van der Waals surface area contributed by atoms with Crippen LogP contribution in [0, 0.1) is 0 Å². The van der Waals surface area contributed by atoms with Crippen LogP contribution in [0.3, 0.4) is 0 Å². The van der Waals surface area contributed by atoms with Crippen LogP contribution in [0.25, 0.3) is 0 Å². The maximum absolute atomic E-state index is 12.2. The van der Waals surface area contributed by atoms with Gasteiger partial charge < -0.3 is 5.32 Å². The minimum Gasteiger partial charge on any atom is -0.316 e. The molecule has 0 bridgehead atoms. The Bertz CT molecular complexity index is 769. The van der Waals surface area contributed by atoms with Crippen LogP contribution in [-0.4, -0.2) is 43.0 Å². The van der Waals surface area contributed by atoms with Gasteiger partial charge in [0.25, 0.3) is 0 Å². The number of rotatable bonds is 6. The lowest BCUT2D eigenvalue weighted by Crippen LogP contribution is -2.28. The number of piperidine rings is 1. The van der Waals surface area contributed by atoms with Crippen LogP contribution in [-0.2, 0) is 16.6 Å². The Labute approximate surface area is 146 Å². The van der Waals surface area contributed by atoms with E-state index in [4.69, 9.17) is 11.6 Å². The minimum atomic E-state index is -3.54. The molecule has 1 aromatic carbocycles. The van der Waals surface area contributed by atoms with Gasteiger partial charge >= 0.3 is 0 Å². The largest absolute Gasteiger partial charge is 0.316 e. The fraction of sp³-hybridized carbons (Fsp3) is 0.467. The third-order valence-corrected chi connectivity index (χ3v) is 5.76. The second-order valence-corrected chi connectivity index (χ2v) is 8.00. The molecule has 9 heteroatoms. The number of hydrogen-bond donors (Lipinski definition) is 2. The zero-order chi connectivity index (χ0) is 17.0. The van der Waals surface area contributed by atoms with E-state index in [-0.39, 0.29) is 11.4 Å². The number of nitrogens with one attached hydrogen (secondary N) is 2. The van der Waals surface area contributed by atoms with E-state index < -0.39 is 10.0 Å². The van der Waals surface area contributed by atoms with Gasteiger partial charge in [0.1, 0.15) is 0 Å². The van der Waals surface area contributed by atoms with E-state index in [0.717, 1.165) is 31.6 Å². The quantitative estimate of drug-likeness (QED) is 0.803. The first-order chi connectivity index (χ1) is 11.5. The van der Waals surface area contributed by atoms with Crippen LogP contribution in [0.1, 0.15) is 24.5 Å². The maximum Gasteiger partial charge on any atom is 0.240 e. The lowest BCUT2D eigenvalue weighted by atomic mass is 9.97. The molecule has 1 saturated heterocycles. The normalized spacial score (nSPS) is 18.6. The average molecular weight is 370 g/mol. The van der Waals surface area contributed by atoms with Crippen LogP contribution in [0.4, 0.5) is 0 Å². The van der Waals surface area contributed by atoms with Crippen molar-refractivity contribution in [2.45, 2.75) is 30.2 Å². The Kier molecular flexibility index (Phi) is 5.50. The van der Waals surface area contributed by atoms with E-state index in [1.165, 1.54) is 12.1 Å². The molecule has 1 unspecified atom stereocenters. The number of aromatic nitrogens is 3. The number of nitrogens with zero attached hydrogens (tertiary/aromatic N) is 3. The Hall–Kier alpha value is -1.48. The Morgan fingerprint density at radius 3 is 2.83 bits per heavy atom. The zero-order valence-corrected chi connectivity index (χ0v) is 14.7. The van der Waals surface area contributed by atoms with Crippen molar-refractivity contribution >= 4 is 21.6 Å². The third-order valence-electron chi connectivity index (χ3n) is 4.03. The molecule has 2 N–H and O–H groups in total. The molecule has 2 aromatic rings. The summed E-state index contributed by atoms with van der Waals surface area (Å²) >= 11 is 5.77. The van der Waals surface area contributed by atoms with Crippen molar-refractivity contribution < 1.29 is 8.42 Å². The third kappa shape index (κ3) is 4.32. The van der Waals surface area contributed by atoms with E-state index in [9.17, 15) is 8.42 Å². The first kappa shape index (κ1) is 17.3. The van der Waals surface area contributed by atoms with Crippen molar-refractivity contribution in [3.05, 3.63) is 41.2 Å². The molecule has 7 nitrogen and oxygen atoms in total. The molecular formula is C15H20ClN5O2S. The van der Waals surface area contributed by atoms with Crippen LogP contribution < -0.4 is 10.0 Å². The Morgan fingerprint density at radius 1 is 1.33 bits per heavy atom. The average Bonchev–Trinajstić information content (AvgIpc) is 3.05. The molecule has 0 spiro atoms. The highest BCUT2D eigenvalue weighted by Crippen LogP contribution is 2.20. The summed E-state index contributed by atoms with van der Waals surface area (Å²) in [5.74, 6) is 0.387. The first-order valence-corrected chi connectivity index (χ1v) is 9.77. The summed E-state index contributed by atoms with van der Waals surface area (Å²) in [6, 6.07) is 6.07. The molecule has 2 heterocycles. The molecule has 1 fully saturated rings.